The smallest absolute Gasteiger partial charge is 0.207 e. The zero-order chi connectivity index (χ0) is 13.8. The van der Waals surface area contributed by atoms with E-state index in [0.29, 0.717) is 4.90 Å². The Kier molecular flexibility index (Phi) is 5.63. The van der Waals surface area contributed by atoms with Crippen LogP contribution in [0, 0.1) is 0 Å². The van der Waals surface area contributed by atoms with Crippen LogP contribution in [0.15, 0.2) is 29.2 Å². The fourth-order valence-electron chi connectivity index (χ4n) is 1.62. The Morgan fingerprint density at radius 3 is 2.28 bits per heavy atom. The molecular formula is C13H20ClNO2S. The van der Waals surface area contributed by atoms with Gasteiger partial charge in [0.1, 0.15) is 0 Å². The molecule has 1 atom stereocenters. The van der Waals surface area contributed by atoms with Gasteiger partial charge < -0.3 is 0 Å². The van der Waals surface area contributed by atoms with E-state index in [-0.39, 0.29) is 11.9 Å². The van der Waals surface area contributed by atoms with E-state index in [9.17, 15) is 8.42 Å². The lowest BCUT2D eigenvalue weighted by molar-refractivity contribution is 0.413. The number of sulfonamides is 1. The minimum Gasteiger partial charge on any atom is -0.207 e. The Morgan fingerprint density at radius 2 is 1.83 bits per heavy atom. The molecule has 0 aromatic heterocycles. The van der Waals surface area contributed by atoms with Crippen LogP contribution in [-0.4, -0.2) is 31.7 Å². The van der Waals surface area contributed by atoms with Gasteiger partial charge in [0.15, 0.2) is 0 Å². The first-order valence-electron chi connectivity index (χ1n) is 6.06. The number of aryl methyl sites for hydroxylation is 1. The van der Waals surface area contributed by atoms with Gasteiger partial charge in [0.25, 0.3) is 0 Å². The van der Waals surface area contributed by atoms with E-state index in [1.807, 2.05) is 12.1 Å². The van der Waals surface area contributed by atoms with Crippen LogP contribution in [-0.2, 0) is 16.4 Å². The highest BCUT2D eigenvalue weighted by Crippen LogP contribution is 2.18. The molecule has 0 aliphatic rings. The summed E-state index contributed by atoms with van der Waals surface area (Å²) in [7, 11) is -1.88. The molecule has 0 heterocycles. The number of benzene rings is 1. The predicted molar refractivity (Wildman–Crippen MR) is 75.6 cm³/mol. The van der Waals surface area contributed by atoms with E-state index in [2.05, 4.69) is 6.92 Å². The third-order valence-electron chi connectivity index (χ3n) is 2.98. The third kappa shape index (κ3) is 3.46. The number of hydrogen-bond donors (Lipinski definition) is 0. The van der Waals surface area contributed by atoms with E-state index in [4.69, 9.17) is 11.6 Å². The van der Waals surface area contributed by atoms with Gasteiger partial charge in [0.05, 0.1) is 4.90 Å². The number of alkyl halides is 1. The standard InChI is InChI=1S/C13H20ClNO2S/c1-4-5-12-6-8-13(9-7-12)18(16,17)15(3)11(2)10-14/h6-9,11H,4-5,10H2,1-3H3. The van der Waals surface area contributed by atoms with Crippen LogP contribution in [0.1, 0.15) is 25.8 Å². The van der Waals surface area contributed by atoms with E-state index in [0.717, 1.165) is 18.4 Å². The Balaban J connectivity index is 2.98. The minimum absolute atomic E-state index is 0.216. The van der Waals surface area contributed by atoms with Crippen LogP contribution < -0.4 is 0 Å². The second kappa shape index (κ2) is 6.55. The number of halogens is 1. The summed E-state index contributed by atoms with van der Waals surface area (Å²) in [5, 5.41) is 0. The zero-order valence-electron chi connectivity index (χ0n) is 11.1. The molecule has 1 aromatic carbocycles. The van der Waals surface area contributed by atoms with Gasteiger partial charge >= 0.3 is 0 Å². The lowest BCUT2D eigenvalue weighted by atomic mass is 10.1. The summed E-state index contributed by atoms with van der Waals surface area (Å²) >= 11 is 5.70. The van der Waals surface area contributed by atoms with Gasteiger partial charge in [-0.05, 0) is 31.0 Å². The molecule has 0 saturated carbocycles. The van der Waals surface area contributed by atoms with Gasteiger partial charge in [0, 0.05) is 19.0 Å². The van der Waals surface area contributed by atoms with E-state index < -0.39 is 10.0 Å². The van der Waals surface area contributed by atoms with Crippen LogP contribution in [0.5, 0.6) is 0 Å². The molecule has 0 spiro atoms. The molecule has 5 heteroatoms. The lowest BCUT2D eigenvalue weighted by Crippen LogP contribution is -2.36. The second-order valence-electron chi connectivity index (χ2n) is 4.42. The van der Waals surface area contributed by atoms with Crippen molar-refractivity contribution in [3.63, 3.8) is 0 Å². The van der Waals surface area contributed by atoms with Crippen LogP contribution in [0.3, 0.4) is 0 Å². The largest absolute Gasteiger partial charge is 0.243 e. The minimum atomic E-state index is -3.43. The second-order valence-corrected chi connectivity index (χ2v) is 6.72. The van der Waals surface area contributed by atoms with E-state index in [1.54, 1.807) is 26.1 Å². The van der Waals surface area contributed by atoms with Crippen LogP contribution in [0.2, 0.25) is 0 Å². The maximum atomic E-state index is 12.3. The molecule has 0 amide bonds. The van der Waals surface area contributed by atoms with Gasteiger partial charge in [-0.25, -0.2) is 8.42 Å². The van der Waals surface area contributed by atoms with Gasteiger partial charge in [-0.2, -0.15) is 4.31 Å². The molecular weight excluding hydrogens is 270 g/mol. The fourth-order valence-corrected chi connectivity index (χ4v) is 3.27. The summed E-state index contributed by atoms with van der Waals surface area (Å²) in [4.78, 5) is 0.321. The van der Waals surface area contributed by atoms with Crippen molar-refractivity contribution in [1.82, 2.24) is 4.31 Å². The summed E-state index contributed by atoms with van der Waals surface area (Å²) < 4.78 is 25.9. The van der Waals surface area contributed by atoms with Crippen molar-refractivity contribution < 1.29 is 8.42 Å². The van der Waals surface area contributed by atoms with Crippen molar-refractivity contribution in [2.24, 2.45) is 0 Å². The molecule has 0 N–H and O–H groups in total. The maximum absolute atomic E-state index is 12.3. The highest BCUT2D eigenvalue weighted by Gasteiger charge is 2.24. The number of rotatable bonds is 6. The van der Waals surface area contributed by atoms with Crippen molar-refractivity contribution in [1.29, 1.82) is 0 Å². The molecule has 102 valence electrons. The highest BCUT2D eigenvalue weighted by atomic mass is 35.5. The molecule has 0 fully saturated rings. The molecule has 0 bridgehead atoms. The van der Waals surface area contributed by atoms with E-state index in [1.165, 1.54) is 4.31 Å². The third-order valence-corrected chi connectivity index (χ3v) is 5.42. The number of hydrogen-bond acceptors (Lipinski definition) is 2. The van der Waals surface area contributed by atoms with Crippen molar-refractivity contribution >= 4 is 21.6 Å². The van der Waals surface area contributed by atoms with Crippen LogP contribution >= 0.6 is 11.6 Å². The summed E-state index contributed by atoms with van der Waals surface area (Å²) in [5.74, 6) is 0.281. The van der Waals surface area contributed by atoms with Crippen molar-refractivity contribution in [2.75, 3.05) is 12.9 Å². The Labute approximate surface area is 115 Å². The van der Waals surface area contributed by atoms with Crippen LogP contribution in [0.4, 0.5) is 0 Å². The summed E-state index contributed by atoms with van der Waals surface area (Å²) in [6.07, 6.45) is 2.02. The lowest BCUT2D eigenvalue weighted by Gasteiger charge is -2.22. The molecule has 0 radical (unpaired) electrons. The molecule has 1 rings (SSSR count). The van der Waals surface area contributed by atoms with Gasteiger partial charge in [-0.15, -0.1) is 11.6 Å². The molecule has 0 aliphatic heterocycles. The summed E-state index contributed by atoms with van der Waals surface area (Å²) in [6.45, 7) is 3.89. The van der Waals surface area contributed by atoms with Gasteiger partial charge in [-0.3, -0.25) is 0 Å². The Bertz CT molecular complexity index is 470. The molecule has 3 nitrogen and oxygen atoms in total. The monoisotopic (exact) mass is 289 g/mol. The normalized spacial score (nSPS) is 13.8. The Hall–Kier alpha value is -0.580. The van der Waals surface area contributed by atoms with Gasteiger partial charge in [-0.1, -0.05) is 25.5 Å². The molecule has 18 heavy (non-hydrogen) atoms. The Morgan fingerprint density at radius 1 is 1.28 bits per heavy atom. The average molecular weight is 290 g/mol. The fraction of sp³-hybridized carbons (Fsp3) is 0.538. The highest BCUT2D eigenvalue weighted by molar-refractivity contribution is 7.89. The summed E-state index contributed by atoms with van der Waals surface area (Å²) in [5.41, 5.74) is 1.16. The molecule has 0 aliphatic carbocycles. The molecule has 0 saturated heterocycles. The zero-order valence-corrected chi connectivity index (χ0v) is 12.6. The van der Waals surface area contributed by atoms with Crippen LogP contribution in [0.25, 0.3) is 0 Å². The first-order valence-corrected chi connectivity index (χ1v) is 8.03. The first kappa shape index (κ1) is 15.5. The predicted octanol–water partition coefficient (Wildman–Crippen LogP) is 2.89. The first-order chi connectivity index (χ1) is 8.43. The maximum Gasteiger partial charge on any atom is 0.243 e. The van der Waals surface area contributed by atoms with Gasteiger partial charge in [0.2, 0.25) is 10.0 Å². The summed E-state index contributed by atoms with van der Waals surface area (Å²) in [6, 6.07) is 6.85. The molecule has 1 unspecified atom stereocenters. The quantitative estimate of drug-likeness (QED) is 0.755. The van der Waals surface area contributed by atoms with Crippen molar-refractivity contribution in [3.8, 4) is 0 Å². The van der Waals surface area contributed by atoms with E-state index >= 15 is 0 Å². The van der Waals surface area contributed by atoms with Crippen molar-refractivity contribution in [3.05, 3.63) is 29.8 Å². The topological polar surface area (TPSA) is 37.4 Å². The average Bonchev–Trinajstić information content (AvgIpc) is 2.38. The SMILES string of the molecule is CCCc1ccc(S(=O)(=O)N(C)C(C)CCl)cc1. The van der Waals surface area contributed by atoms with Crippen molar-refractivity contribution in [2.45, 2.75) is 37.6 Å². The number of nitrogens with zero attached hydrogens (tertiary/aromatic N) is 1. The molecule has 1 aromatic rings.